The minimum absolute atomic E-state index is 1.15. The largest absolute Gasteiger partial charge is 0.0546 e. The highest BCUT2D eigenvalue weighted by atomic mass is 28.1. The van der Waals surface area contributed by atoms with E-state index >= 15 is 0 Å². The summed E-state index contributed by atoms with van der Waals surface area (Å²) in [7, 11) is 1.44. The molecule has 0 saturated heterocycles. The van der Waals surface area contributed by atoms with E-state index in [2.05, 4.69) is 0 Å². The summed E-state index contributed by atoms with van der Waals surface area (Å²) in [5, 5.41) is 0. The van der Waals surface area contributed by atoms with Gasteiger partial charge in [0.05, 0.1) is 0 Å². The van der Waals surface area contributed by atoms with Gasteiger partial charge in [0.1, 0.15) is 0 Å². The van der Waals surface area contributed by atoms with Crippen LogP contribution < -0.4 is 0 Å². The highest BCUT2D eigenvalue weighted by Crippen LogP contribution is 2.22. The van der Waals surface area contributed by atoms with Crippen LogP contribution in [0.1, 0.15) is 57.8 Å². The molecule has 0 amide bonds. The van der Waals surface area contributed by atoms with E-state index < -0.39 is 0 Å². The summed E-state index contributed by atoms with van der Waals surface area (Å²) in [4.78, 5) is 0. The van der Waals surface area contributed by atoms with Crippen molar-refractivity contribution in [3.63, 3.8) is 0 Å². The van der Waals surface area contributed by atoms with Gasteiger partial charge in [-0.3, -0.25) is 0 Å². The Morgan fingerprint density at radius 1 is 0.636 bits per heavy atom. The SMILES string of the molecule is [SiH3]C1CCCCCCCCC1. The monoisotopic (exact) mass is 170 g/mol. The third-order valence-corrected chi connectivity index (χ3v) is 4.05. The van der Waals surface area contributed by atoms with Gasteiger partial charge in [0, 0.05) is 10.2 Å². The molecule has 0 radical (unpaired) electrons. The fourth-order valence-electron chi connectivity index (χ4n) is 2.01. The normalized spacial score (nSPS) is 25.1. The van der Waals surface area contributed by atoms with Crippen molar-refractivity contribution in [3.8, 4) is 0 Å². The predicted molar refractivity (Wildman–Crippen MR) is 55.2 cm³/mol. The molecular weight excluding hydrogens is 148 g/mol. The molecule has 0 spiro atoms. The molecule has 1 saturated carbocycles. The Bertz CT molecular complexity index is 80.9. The molecule has 1 aliphatic carbocycles. The summed E-state index contributed by atoms with van der Waals surface area (Å²) in [6.07, 6.45) is 13.7. The Balaban J connectivity index is 2.12. The van der Waals surface area contributed by atoms with Crippen LogP contribution in [0.4, 0.5) is 0 Å². The molecule has 0 nitrogen and oxygen atoms in total. The van der Waals surface area contributed by atoms with E-state index in [9.17, 15) is 0 Å². The quantitative estimate of drug-likeness (QED) is 0.490. The summed E-state index contributed by atoms with van der Waals surface area (Å²) in [5.41, 5.74) is 1.15. The molecule has 0 bridgehead atoms. The van der Waals surface area contributed by atoms with Gasteiger partial charge in [0.25, 0.3) is 0 Å². The van der Waals surface area contributed by atoms with Gasteiger partial charge in [-0.2, -0.15) is 0 Å². The Morgan fingerprint density at radius 2 is 1.00 bits per heavy atom. The van der Waals surface area contributed by atoms with E-state index in [1.807, 2.05) is 0 Å². The van der Waals surface area contributed by atoms with E-state index in [1.165, 1.54) is 55.2 Å². The van der Waals surface area contributed by atoms with Gasteiger partial charge < -0.3 is 0 Å². The van der Waals surface area contributed by atoms with Crippen molar-refractivity contribution in [2.24, 2.45) is 0 Å². The zero-order chi connectivity index (χ0) is 7.94. The second kappa shape index (κ2) is 5.82. The fraction of sp³-hybridized carbons (Fsp3) is 1.00. The van der Waals surface area contributed by atoms with Crippen LogP contribution in [-0.4, -0.2) is 10.2 Å². The summed E-state index contributed by atoms with van der Waals surface area (Å²) < 4.78 is 0. The molecule has 0 aromatic heterocycles. The van der Waals surface area contributed by atoms with Crippen molar-refractivity contribution < 1.29 is 0 Å². The summed E-state index contributed by atoms with van der Waals surface area (Å²) in [6, 6.07) is 0. The van der Waals surface area contributed by atoms with E-state index in [0.29, 0.717) is 0 Å². The van der Waals surface area contributed by atoms with Crippen LogP contribution in [0.3, 0.4) is 0 Å². The van der Waals surface area contributed by atoms with Gasteiger partial charge >= 0.3 is 0 Å². The third kappa shape index (κ3) is 4.62. The molecule has 11 heavy (non-hydrogen) atoms. The molecule has 66 valence electrons. The predicted octanol–water partition coefficient (Wildman–Crippen LogP) is 2.66. The van der Waals surface area contributed by atoms with Crippen LogP contribution >= 0.6 is 0 Å². The summed E-state index contributed by atoms with van der Waals surface area (Å²) >= 11 is 0. The average molecular weight is 170 g/mol. The van der Waals surface area contributed by atoms with Crippen molar-refractivity contribution in [2.75, 3.05) is 0 Å². The van der Waals surface area contributed by atoms with E-state index in [0.717, 1.165) is 5.54 Å². The second-order valence-electron chi connectivity index (χ2n) is 4.16. The highest BCUT2D eigenvalue weighted by molar-refractivity contribution is 6.11. The first kappa shape index (κ1) is 9.31. The summed E-state index contributed by atoms with van der Waals surface area (Å²) in [6.45, 7) is 0. The Hall–Kier alpha value is 0.217. The van der Waals surface area contributed by atoms with E-state index in [4.69, 9.17) is 0 Å². The van der Waals surface area contributed by atoms with Crippen molar-refractivity contribution in [2.45, 2.75) is 63.3 Å². The molecule has 0 unspecified atom stereocenters. The van der Waals surface area contributed by atoms with E-state index in [1.54, 1.807) is 12.8 Å². The first-order valence-electron chi connectivity index (χ1n) is 5.39. The van der Waals surface area contributed by atoms with Crippen molar-refractivity contribution >= 4 is 10.2 Å². The van der Waals surface area contributed by atoms with Gasteiger partial charge in [0.15, 0.2) is 0 Å². The van der Waals surface area contributed by atoms with Gasteiger partial charge in [0.2, 0.25) is 0 Å². The first-order chi connectivity index (χ1) is 5.39. The molecule has 0 N–H and O–H groups in total. The number of hydrogen-bond acceptors (Lipinski definition) is 0. The van der Waals surface area contributed by atoms with Crippen LogP contribution in [0.25, 0.3) is 0 Å². The molecule has 1 aliphatic rings. The molecule has 0 aromatic carbocycles. The second-order valence-corrected chi connectivity index (χ2v) is 5.79. The van der Waals surface area contributed by atoms with Crippen molar-refractivity contribution in [1.82, 2.24) is 0 Å². The first-order valence-corrected chi connectivity index (χ1v) is 6.55. The van der Waals surface area contributed by atoms with Gasteiger partial charge in [-0.15, -0.1) is 0 Å². The number of hydrogen-bond donors (Lipinski definition) is 0. The minimum Gasteiger partial charge on any atom is -0.0546 e. The van der Waals surface area contributed by atoms with Gasteiger partial charge in [-0.05, 0) is 0 Å². The van der Waals surface area contributed by atoms with Crippen molar-refractivity contribution in [3.05, 3.63) is 0 Å². The van der Waals surface area contributed by atoms with Crippen LogP contribution in [-0.2, 0) is 0 Å². The molecule has 1 fully saturated rings. The standard InChI is InChI=1S/C10H22Si/c11-10-8-6-4-2-1-3-5-7-9-10/h10H,1-9H2,11H3. The Morgan fingerprint density at radius 3 is 1.45 bits per heavy atom. The lowest BCUT2D eigenvalue weighted by molar-refractivity contribution is 0.504. The molecule has 0 aliphatic heterocycles. The highest BCUT2D eigenvalue weighted by Gasteiger charge is 2.03. The molecule has 0 aromatic rings. The Kier molecular flexibility index (Phi) is 4.92. The van der Waals surface area contributed by atoms with Crippen LogP contribution in [0.15, 0.2) is 0 Å². The van der Waals surface area contributed by atoms with Gasteiger partial charge in [-0.25, -0.2) is 0 Å². The van der Waals surface area contributed by atoms with Gasteiger partial charge in [-0.1, -0.05) is 63.3 Å². The lowest BCUT2D eigenvalue weighted by atomic mass is 10.0. The molecule has 1 heteroatoms. The third-order valence-electron chi connectivity index (χ3n) is 2.89. The fourth-order valence-corrected chi connectivity index (χ4v) is 2.83. The van der Waals surface area contributed by atoms with Crippen LogP contribution in [0.2, 0.25) is 5.54 Å². The van der Waals surface area contributed by atoms with Crippen LogP contribution in [0, 0.1) is 0 Å². The Labute approximate surface area is 74.2 Å². The zero-order valence-corrected chi connectivity index (χ0v) is 9.94. The topological polar surface area (TPSA) is 0 Å². The minimum atomic E-state index is 1.15. The maximum Gasteiger partial charge on any atom is 0.00672 e. The molecule has 0 heterocycles. The van der Waals surface area contributed by atoms with Crippen molar-refractivity contribution in [1.29, 1.82) is 0 Å². The maximum absolute atomic E-state index is 1.55. The lowest BCUT2D eigenvalue weighted by Crippen LogP contribution is -1.95. The average Bonchev–Trinajstić information content (AvgIpc) is 2.03. The molecular formula is C10H22Si. The van der Waals surface area contributed by atoms with E-state index in [-0.39, 0.29) is 0 Å². The smallest absolute Gasteiger partial charge is 0.00672 e. The molecule has 1 rings (SSSR count). The zero-order valence-electron chi connectivity index (χ0n) is 7.94. The number of rotatable bonds is 0. The molecule has 0 atom stereocenters. The maximum atomic E-state index is 1.55. The summed E-state index contributed by atoms with van der Waals surface area (Å²) in [5.74, 6) is 0. The lowest BCUT2D eigenvalue weighted by Gasteiger charge is -2.12. The van der Waals surface area contributed by atoms with Crippen LogP contribution in [0.5, 0.6) is 0 Å².